The van der Waals surface area contributed by atoms with Crippen molar-refractivity contribution in [1.29, 1.82) is 0 Å². The molecule has 0 saturated heterocycles. The van der Waals surface area contributed by atoms with E-state index in [0.29, 0.717) is 17.3 Å². The summed E-state index contributed by atoms with van der Waals surface area (Å²) in [5.41, 5.74) is 4.35. The molecular weight excluding hydrogens is 452 g/mol. The monoisotopic (exact) mass is 482 g/mol. The average molecular weight is 483 g/mol. The van der Waals surface area contributed by atoms with Gasteiger partial charge < -0.3 is 5.32 Å². The first-order chi connectivity index (χ1) is 15.6. The molecule has 0 fully saturated rings. The van der Waals surface area contributed by atoms with Gasteiger partial charge in [-0.15, -0.1) is 11.8 Å². The number of rotatable bonds is 9. The Kier molecular flexibility index (Phi) is 8.21. The number of aryl methyl sites for hydroxylation is 1. The van der Waals surface area contributed by atoms with Crippen LogP contribution in [0, 0.1) is 6.92 Å². The molecule has 5 nitrogen and oxygen atoms in total. The van der Waals surface area contributed by atoms with E-state index in [-0.39, 0.29) is 12.5 Å². The zero-order valence-electron chi connectivity index (χ0n) is 19.4. The van der Waals surface area contributed by atoms with Crippen LogP contribution in [0.2, 0.25) is 0 Å². The SMILES string of the molecule is Cc1cc(CSc2ccccc2)ccc1NC(=O)CN(c1ccc(C(C)C)cc1)S(C)(=O)=O. The number of thioether (sulfide) groups is 1. The molecular formula is C26H30N2O3S2. The van der Waals surface area contributed by atoms with Crippen LogP contribution in [0.1, 0.15) is 36.5 Å². The number of nitrogens with one attached hydrogen (secondary N) is 1. The van der Waals surface area contributed by atoms with Crippen molar-refractivity contribution >= 4 is 39.1 Å². The highest BCUT2D eigenvalue weighted by molar-refractivity contribution is 7.98. The van der Waals surface area contributed by atoms with E-state index >= 15 is 0 Å². The first-order valence-electron chi connectivity index (χ1n) is 10.8. The number of carbonyl (C=O) groups excluding carboxylic acids is 1. The Morgan fingerprint density at radius 2 is 1.67 bits per heavy atom. The molecule has 0 bridgehead atoms. The first-order valence-corrected chi connectivity index (χ1v) is 13.6. The minimum Gasteiger partial charge on any atom is -0.324 e. The second kappa shape index (κ2) is 10.9. The van der Waals surface area contributed by atoms with E-state index in [1.54, 1.807) is 23.9 Å². The molecule has 0 radical (unpaired) electrons. The van der Waals surface area contributed by atoms with Gasteiger partial charge in [-0.25, -0.2) is 8.42 Å². The molecule has 0 aliphatic rings. The zero-order chi connectivity index (χ0) is 24.0. The quantitative estimate of drug-likeness (QED) is 0.391. The van der Waals surface area contributed by atoms with E-state index in [9.17, 15) is 13.2 Å². The van der Waals surface area contributed by atoms with Crippen LogP contribution in [-0.4, -0.2) is 27.1 Å². The maximum absolute atomic E-state index is 12.7. The van der Waals surface area contributed by atoms with E-state index in [1.807, 2.05) is 55.5 Å². The van der Waals surface area contributed by atoms with Crippen molar-refractivity contribution in [2.24, 2.45) is 0 Å². The van der Waals surface area contributed by atoms with Crippen molar-refractivity contribution < 1.29 is 13.2 Å². The maximum Gasteiger partial charge on any atom is 0.245 e. The number of carbonyl (C=O) groups is 1. The minimum atomic E-state index is -3.62. The number of sulfonamides is 1. The highest BCUT2D eigenvalue weighted by atomic mass is 32.2. The van der Waals surface area contributed by atoms with Crippen molar-refractivity contribution in [3.63, 3.8) is 0 Å². The van der Waals surface area contributed by atoms with E-state index in [4.69, 9.17) is 0 Å². The van der Waals surface area contributed by atoms with Crippen molar-refractivity contribution in [2.75, 3.05) is 22.4 Å². The number of anilines is 2. The average Bonchev–Trinajstić information content (AvgIpc) is 2.78. The van der Waals surface area contributed by atoms with E-state index in [1.165, 1.54) is 4.90 Å². The summed E-state index contributed by atoms with van der Waals surface area (Å²) in [6, 6.07) is 23.4. The van der Waals surface area contributed by atoms with Crippen molar-refractivity contribution in [1.82, 2.24) is 0 Å². The highest BCUT2D eigenvalue weighted by Crippen LogP contribution is 2.26. The Bertz CT molecular complexity index is 1190. The summed E-state index contributed by atoms with van der Waals surface area (Å²) < 4.78 is 25.9. The third-order valence-electron chi connectivity index (χ3n) is 5.25. The second-order valence-corrected chi connectivity index (χ2v) is 11.3. The second-order valence-electron chi connectivity index (χ2n) is 8.32. The van der Waals surface area contributed by atoms with Gasteiger partial charge in [-0.05, 0) is 59.9 Å². The number of hydrogen-bond donors (Lipinski definition) is 1. The Hall–Kier alpha value is -2.77. The van der Waals surface area contributed by atoms with E-state index in [0.717, 1.165) is 33.0 Å². The van der Waals surface area contributed by atoms with Crippen molar-refractivity contribution in [3.8, 4) is 0 Å². The van der Waals surface area contributed by atoms with Crippen LogP contribution in [0.15, 0.2) is 77.7 Å². The lowest BCUT2D eigenvalue weighted by Crippen LogP contribution is -2.37. The van der Waals surface area contributed by atoms with Crippen molar-refractivity contribution in [3.05, 3.63) is 89.5 Å². The van der Waals surface area contributed by atoms with Gasteiger partial charge in [0.05, 0.1) is 11.9 Å². The van der Waals surface area contributed by atoms with Crippen LogP contribution in [0.5, 0.6) is 0 Å². The molecule has 0 saturated carbocycles. The van der Waals surface area contributed by atoms with Gasteiger partial charge >= 0.3 is 0 Å². The molecule has 1 amide bonds. The van der Waals surface area contributed by atoms with Gasteiger partial charge in [-0.2, -0.15) is 0 Å². The fourth-order valence-electron chi connectivity index (χ4n) is 3.38. The molecule has 3 rings (SSSR count). The maximum atomic E-state index is 12.7. The predicted molar refractivity (Wildman–Crippen MR) is 139 cm³/mol. The summed E-state index contributed by atoms with van der Waals surface area (Å²) in [6.45, 7) is 5.80. The molecule has 0 aliphatic heterocycles. The van der Waals surface area contributed by atoms with Crippen LogP contribution in [-0.2, 0) is 20.6 Å². The molecule has 3 aromatic rings. The van der Waals surface area contributed by atoms with Crippen LogP contribution in [0.4, 0.5) is 11.4 Å². The Morgan fingerprint density at radius 1 is 1.00 bits per heavy atom. The molecule has 33 heavy (non-hydrogen) atoms. The van der Waals surface area contributed by atoms with Gasteiger partial charge in [0.25, 0.3) is 0 Å². The van der Waals surface area contributed by atoms with Crippen LogP contribution in [0.3, 0.4) is 0 Å². The van der Waals surface area contributed by atoms with E-state index in [2.05, 4.69) is 31.3 Å². The lowest BCUT2D eigenvalue weighted by atomic mass is 10.0. The number of benzene rings is 3. The Labute approximate surface area is 201 Å². The highest BCUT2D eigenvalue weighted by Gasteiger charge is 2.21. The molecule has 3 aromatic carbocycles. The number of nitrogens with zero attached hydrogens (tertiary/aromatic N) is 1. The lowest BCUT2D eigenvalue weighted by molar-refractivity contribution is -0.114. The first kappa shape index (κ1) is 24.9. The molecule has 0 unspecified atom stereocenters. The van der Waals surface area contributed by atoms with Crippen LogP contribution < -0.4 is 9.62 Å². The van der Waals surface area contributed by atoms with Gasteiger partial charge in [0, 0.05) is 16.3 Å². The van der Waals surface area contributed by atoms with Crippen molar-refractivity contribution in [2.45, 2.75) is 37.3 Å². The smallest absolute Gasteiger partial charge is 0.245 e. The molecule has 1 N–H and O–H groups in total. The molecule has 0 spiro atoms. The largest absolute Gasteiger partial charge is 0.324 e. The Morgan fingerprint density at radius 3 is 2.24 bits per heavy atom. The molecule has 0 aromatic heterocycles. The standard InChI is InChI=1S/C26H30N2O3S2/c1-19(2)22-11-13-23(14-12-22)28(33(4,30)31)17-26(29)27-25-15-10-21(16-20(25)3)18-32-24-8-6-5-7-9-24/h5-16,19H,17-18H2,1-4H3,(H,27,29). The molecule has 0 heterocycles. The molecule has 0 atom stereocenters. The third-order valence-corrected chi connectivity index (χ3v) is 7.47. The van der Waals surface area contributed by atoms with Gasteiger partial charge in [0.1, 0.15) is 6.54 Å². The van der Waals surface area contributed by atoms with Gasteiger partial charge in [-0.1, -0.05) is 56.3 Å². The summed E-state index contributed by atoms with van der Waals surface area (Å²) in [5, 5.41) is 2.86. The number of amides is 1. The third kappa shape index (κ3) is 7.11. The molecule has 0 aliphatic carbocycles. The summed E-state index contributed by atoms with van der Waals surface area (Å²) in [6.07, 6.45) is 1.11. The predicted octanol–water partition coefficient (Wildman–Crippen LogP) is 5.82. The topological polar surface area (TPSA) is 66.5 Å². The number of hydrogen-bond acceptors (Lipinski definition) is 4. The fraction of sp³-hybridized carbons (Fsp3) is 0.269. The fourth-order valence-corrected chi connectivity index (χ4v) is 5.10. The van der Waals surface area contributed by atoms with E-state index < -0.39 is 10.0 Å². The summed E-state index contributed by atoms with van der Waals surface area (Å²) in [4.78, 5) is 13.9. The Balaban J connectivity index is 1.67. The lowest BCUT2D eigenvalue weighted by Gasteiger charge is -2.22. The summed E-state index contributed by atoms with van der Waals surface area (Å²) in [5.74, 6) is 0.779. The summed E-state index contributed by atoms with van der Waals surface area (Å²) >= 11 is 1.75. The van der Waals surface area contributed by atoms with Gasteiger partial charge in [0.2, 0.25) is 15.9 Å². The van der Waals surface area contributed by atoms with Gasteiger partial charge in [-0.3, -0.25) is 9.10 Å². The van der Waals surface area contributed by atoms with Crippen LogP contribution >= 0.6 is 11.8 Å². The normalized spacial score (nSPS) is 11.4. The van der Waals surface area contributed by atoms with Crippen LogP contribution in [0.25, 0.3) is 0 Å². The van der Waals surface area contributed by atoms with Gasteiger partial charge in [0.15, 0.2) is 0 Å². The minimum absolute atomic E-state index is 0.287. The molecule has 7 heteroatoms. The zero-order valence-corrected chi connectivity index (χ0v) is 21.0. The molecule has 174 valence electrons. The summed E-state index contributed by atoms with van der Waals surface area (Å²) in [7, 11) is -3.62.